The normalized spacial score (nSPS) is 12.1. The van der Waals surface area contributed by atoms with Crippen molar-refractivity contribution in [3.8, 4) is 5.69 Å². The van der Waals surface area contributed by atoms with Crippen molar-refractivity contribution in [1.29, 1.82) is 0 Å². The van der Waals surface area contributed by atoms with Crippen LogP contribution in [0.3, 0.4) is 0 Å². The van der Waals surface area contributed by atoms with E-state index in [1.54, 1.807) is 13.4 Å². The van der Waals surface area contributed by atoms with Gasteiger partial charge < -0.3 is 10.1 Å². The van der Waals surface area contributed by atoms with Gasteiger partial charge in [0, 0.05) is 18.8 Å². The van der Waals surface area contributed by atoms with E-state index in [9.17, 15) is 4.79 Å². The summed E-state index contributed by atoms with van der Waals surface area (Å²) in [5.74, 6) is 0.242. The lowest BCUT2D eigenvalue weighted by Crippen LogP contribution is -2.36. The molecule has 2 rings (SSSR count). The van der Waals surface area contributed by atoms with Crippen molar-refractivity contribution in [3.63, 3.8) is 0 Å². The van der Waals surface area contributed by atoms with Crippen LogP contribution in [0.2, 0.25) is 0 Å². The number of carbonyl (C=O) groups excluding carboxylic acids is 1. The third-order valence-corrected chi connectivity index (χ3v) is 3.65. The molecule has 1 N–H and O–H groups in total. The fourth-order valence-corrected chi connectivity index (χ4v) is 2.57. The largest absolute Gasteiger partial charge is 0.383 e. The van der Waals surface area contributed by atoms with E-state index in [0.29, 0.717) is 17.5 Å². The zero-order valence-electron chi connectivity index (χ0n) is 12.0. The molecule has 2 aromatic rings. The predicted molar refractivity (Wildman–Crippen MR) is 81.6 cm³/mol. The van der Waals surface area contributed by atoms with E-state index in [1.165, 1.54) is 11.8 Å². The summed E-state index contributed by atoms with van der Waals surface area (Å²) < 4.78 is 6.84. The monoisotopic (exact) mass is 306 g/mol. The van der Waals surface area contributed by atoms with Crippen LogP contribution in [-0.4, -0.2) is 46.2 Å². The fourth-order valence-electron chi connectivity index (χ4n) is 1.83. The van der Waals surface area contributed by atoms with Crippen molar-refractivity contribution >= 4 is 17.7 Å². The Hall–Kier alpha value is -1.86. The summed E-state index contributed by atoms with van der Waals surface area (Å²) >= 11 is 1.35. The molecule has 6 nitrogen and oxygen atoms in total. The van der Waals surface area contributed by atoms with Gasteiger partial charge in [0.25, 0.3) is 0 Å². The molecule has 1 atom stereocenters. The van der Waals surface area contributed by atoms with Crippen LogP contribution in [0.1, 0.15) is 6.92 Å². The second-order valence-electron chi connectivity index (χ2n) is 4.53. The molecule has 0 spiro atoms. The molecule has 21 heavy (non-hydrogen) atoms. The Morgan fingerprint density at radius 3 is 2.90 bits per heavy atom. The Labute approximate surface area is 127 Å². The standard InChI is InChI=1S/C14H18N4O2S/c1-11(8-20-2)16-13(19)9-21-14-17-15-10-18(14)12-6-4-3-5-7-12/h3-7,10-11H,8-9H2,1-2H3,(H,16,19). The SMILES string of the molecule is COCC(C)NC(=O)CSc1nncn1-c1ccccc1. The number of nitrogens with zero attached hydrogens (tertiary/aromatic N) is 3. The fraction of sp³-hybridized carbons (Fsp3) is 0.357. The van der Waals surface area contributed by atoms with Gasteiger partial charge in [0.15, 0.2) is 5.16 Å². The third kappa shape index (κ3) is 4.57. The van der Waals surface area contributed by atoms with E-state index >= 15 is 0 Å². The number of carbonyl (C=O) groups is 1. The van der Waals surface area contributed by atoms with Crippen LogP contribution in [0.25, 0.3) is 5.69 Å². The number of methoxy groups -OCH3 is 1. The van der Waals surface area contributed by atoms with Crippen molar-refractivity contribution in [2.45, 2.75) is 18.1 Å². The number of ether oxygens (including phenoxy) is 1. The van der Waals surface area contributed by atoms with Crippen LogP contribution in [0.4, 0.5) is 0 Å². The maximum Gasteiger partial charge on any atom is 0.230 e. The highest BCUT2D eigenvalue weighted by Crippen LogP contribution is 2.18. The van der Waals surface area contributed by atoms with E-state index in [0.717, 1.165) is 5.69 Å². The maximum absolute atomic E-state index is 11.8. The number of aromatic nitrogens is 3. The number of hydrogen-bond acceptors (Lipinski definition) is 5. The van der Waals surface area contributed by atoms with Gasteiger partial charge >= 0.3 is 0 Å². The van der Waals surface area contributed by atoms with Crippen molar-refractivity contribution in [2.75, 3.05) is 19.5 Å². The molecule has 0 aliphatic carbocycles. The van der Waals surface area contributed by atoms with E-state index in [1.807, 2.05) is 41.8 Å². The molecule has 7 heteroatoms. The van der Waals surface area contributed by atoms with Crippen molar-refractivity contribution in [1.82, 2.24) is 20.1 Å². The minimum atomic E-state index is -0.0489. The summed E-state index contributed by atoms with van der Waals surface area (Å²) in [6, 6.07) is 9.77. The van der Waals surface area contributed by atoms with E-state index < -0.39 is 0 Å². The molecule has 0 bridgehead atoms. The molecular weight excluding hydrogens is 288 g/mol. The van der Waals surface area contributed by atoms with Crippen molar-refractivity contribution < 1.29 is 9.53 Å². The molecule has 0 saturated carbocycles. The Balaban J connectivity index is 1.93. The van der Waals surface area contributed by atoms with Gasteiger partial charge in [0.2, 0.25) is 5.91 Å². The molecule has 0 saturated heterocycles. The Morgan fingerprint density at radius 1 is 1.43 bits per heavy atom. The minimum absolute atomic E-state index is 0.00454. The first-order valence-electron chi connectivity index (χ1n) is 6.57. The van der Waals surface area contributed by atoms with Gasteiger partial charge in [0.05, 0.1) is 12.4 Å². The molecule has 1 aromatic carbocycles. The van der Waals surface area contributed by atoms with E-state index in [-0.39, 0.29) is 11.9 Å². The quantitative estimate of drug-likeness (QED) is 0.785. The van der Waals surface area contributed by atoms with Crippen molar-refractivity contribution in [3.05, 3.63) is 36.7 Å². The summed E-state index contributed by atoms with van der Waals surface area (Å²) in [6.45, 7) is 2.40. The number of nitrogens with one attached hydrogen (secondary N) is 1. The van der Waals surface area contributed by atoms with Crippen LogP contribution < -0.4 is 5.32 Å². The van der Waals surface area contributed by atoms with Gasteiger partial charge in [-0.15, -0.1) is 10.2 Å². The highest BCUT2D eigenvalue weighted by molar-refractivity contribution is 7.99. The Morgan fingerprint density at radius 2 is 2.19 bits per heavy atom. The lowest BCUT2D eigenvalue weighted by Gasteiger charge is -2.12. The number of benzene rings is 1. The number of para-hydroxylation sites is 1. The van der Waals surface area contributed by atoms with E-state index in [4.69, 9.17) is 4.74 Å². The maximum atomic E-state index is 11.8. The lowest BCUT2D eigenvalue weighted by atomic mass is 10.3. The van der Waals surface area contributed by atoms with Gasteiger partial charge in [-0.25, -0.2) is 0 Å². The third-order valence-electron chi connectivity index (χ3n) is 2.71. The zero-order chi connectivity index (χ0) is 15.1. The first-order chi connectivity index (χ1) is 10.2. The molecule has 0 radical (unpaired) electrons. The molecule has 1 unspecified atom stereocenters. The van der Waals surface area contributed by atoms with Crippen LogP contribution in [-0.2, 0) is 9.53 Å². The van der Waals surface area contributed by atoms with Crippen LogP contribution in [0.15, 0.2) is 41.8 Å². The summed E-state index contributed by atoms with van der Waals surface area (Å²) in [7, 11) is 1.61. The topological polar surface area (TPSA) is 69.0 Å². The number of amides is 1. The second kappa shape index (κ2) is 7.80. The minimum Gasteiger partial charge on any atom is -0.383 e. The van der Waals surface area contributed by atoms with Crippen LogP contribution >= 0.6 is 11.8 Å². The number of rotatable bonds is 7. The first kappa shape index (κ1) is 15.5. The Kier molecular flexibility index (Phi) is 5.77. The molecule has 0 fully saturated rings. The Bertz CT molecular complexity index is 573. The average Bonchev–Trinajstić information content (AvgIpc) is 2.94. The summed E-state index contributed by atoms with van der Waals surface area (Å²) in [6.07, 6.45) is 1.64. The molecule has 1 aromatic heterocycles. The summed E-state index contributed by atoms with van der Waals surface area (Å²) in [4.78, 5) is 11.8. The van der Waals surface area contributed by atoms with Gasteiger partial charge in [0.1, 0.15) is 6.33 Å². The lowest BCUT2D eigenvalue weighted by molar-refractivity contribution is -0.119. The van der Waals surface area contributed by atoms with Gasteiger partial charge in [-0.05, 0) is 19.1 Å². The molecule has 112 valence electrons. The van der Waals surface area contributed by atoms with E-state index in [2.05, 4.69) is 15.5 Å². The molecule has 0 aliphatic rings. The molecule has 0 aliphatic heterocycles. The highest BCUT2D eigenvalue weighted by atomic mass is 32.2. The smallest absolute Gasteiger partial charge is 0.230 e. The van der Waals surface area contributed by atoms with Crippen molar-refractivity contribution in [2.24, 2.45) is 0 Å². The van der Waals surface area contributed by atoms with Crippen LogP contribution in [0.5, 0.6) is 0 Å². The number of thioether (sulfide) groups is 1. The second-order valence-corrected chi connectivity index (χ2v) is 5.47. The summed E-state index contributed by atoms with van der Waals surface area (Å²) in [5.41, 5.74) is 0.971. The first-order valence-corrected chi connectivity index (χ1v) is 7.56. The van der Waals surface area contributed by atoms with Gasteiger partial charge in [-0.1, -0.05) is 30.0 Å². The highest BCUT2D eigenvalue weighted by Gasteiger charge is 2.11. The average molecular weight is 306 g/mol. The molecular formula is C14H18N4O2S. The number of hydrogen-bond donors (Lipinski definition) is 1. The predicted octanol–water partition coefficient (Wildman–Crippen LogP) is 1.51. The molecule has 1 amide bonds. The van der Waals surface area contributed by atoms with Crippen LogP contribution in [0, 0.1) is 0 Å². The zero-order valence-corrected chi connectivity index (χ0v) is 12.8. The van der Waals surface area contributed by atoms with Gasteiger partial charge in [-0.3, -0.25) is 9.36 Å². The molecule has 1 heterocycles. The summed E-state index contributed by atoms with van der Waals surface area (Å²) in [5, 5.41) is 11.5. The van der Waals surface area contributed by atoms with Gasteiger partial charge in [-0.2, -0.15) is 0 Å².